The van der Waals surface area contributed by atoms with Crippen molar-refractivity contribution in [3.63, 3.8) is 0 Å². The highest BCUT2D eigenvalue weighted by molar-refractivity contribution is 7.99. The largest absolute Gasteiger partial charge is 0.466 e. The molecule has 0 bridgehead atoms. The van der Waals surface area contributed by atoms with Crippen LogP contribution in [0.25, 0.3) is 0 Å². The van der Waals surface area contributed by atoms with E-state index in [9.17, 15) is 9.59 Å². The van der Waals surface area contributed by atoms with Crippen LogP contribution in [0, 0.1) is 6.92 Å². The zero-order valence-electron chi connectivity index (χ0n) is 17.6. The molecule has 1 aromatic carbocycles. The Morgan fingerprint density at radius 3 is 2.71 bits per heavy atom. The number of allylic oxidation sites excluding steroid dienone is 1. The number of esters is 1. The molecule has 0 saturated heterocycles. The minimum absolute atomic E-state index is 0.0970. The molecule has 162 valence electrons. The number of carbonyl (C=O) groups excluding carboxylic acids is 2. The average Bonchev–Trinajstić information content (AvgIpc) is 3.56. The second-order valence-electron chi connectivity index (χ2n) is 7.46. The molecule has 2 heterocycles. The molecule has 1 atom stereocenters. The molecule has 1 saturated carbocycles. The summed E-state index contributed by atoms with van der Waals surface area (Å²) in [4.78, 5) is 27.7. The fourth-order valence-corrected chi connectivity index (χ4v) is 4.75. The van der Waals surface area contributed by atoms with Gasteiger partial charge in [0.15, 0.2) is 5.16 Å². The molecule has 1 fully saturated rings. The normalized spacial score (nSPS) is 18.7. The third kappa shape index (κ3) is 4.23. The highest BCUT2D eigenvalue weighted by Gasteiger charge is 2.44. The summed E-state index contributed by atoms with van der Waals surface area (Å²) in [6.07, 6.45) is 3.62. The van der Waals surface area contributed by atoms with Crippen molar-refractivity contribution in [2.75, 3.05) is 12.9 Å². The Balaban J connectivity index is 1.76. The standard InChI is InChI=1S/C22H25N5O3S/c1-4-12-26-14(2)24-25-22(26)31-13-17-18(20(28)30-3)19(15-8-6-5-7-9-15)23-21(29)27(17)16-10-11-16/h4-9,16,19H,1,10-13H2,2-3H3,(H,23,29). The van der Waals surface area contributed by atoms with E-state index in [1.165, 1.54) is 18.9 Å². The van der Waals surface area contributed by atoms with Crippen LogP contribution in [-0.2, 0) is 16.1 Å². The summed E-state index contributed by atoms with van der Waals surface area (Å²) in [7, 11) is 1.37. The van der Waals surface area contributed by atoms with Crippen LogP contribution < -0.4 is 5.32 Å². The van der Waals surface area contributed by atoms with E-state index < -0.39 is 12.0 Å². The molecular formula is C22H25N5O3S. The fraction of sp³-hybridized carbons (Fsp3) is 0.364. The van der Waals surface area contributed by atoms with Gasteiger partial charge in [0.25, 0.3) is 0 Å². The summed E-state index contributed by atoms with van der Waals surface area (Å²) in [5.41, 5.74) is 1.96. The molecule has 1 aromatic heterocycles. The van der Waals surface area contributed by atoms with Crippen LogP contribution in [-0.4, -0.2) is 50.6 Å². The number of aromatic nitrogens is 3. The van der Waals surface area contributed by atoms with Gasteiger partial charge in [-0.15, -0.1) is 16.8 Å². The second kappa shape index (κ2) is 8.97. The van der Waals surface area contributed by atoms with Crippen LogP contribution in [0.4, 0.5) is 4.79 Å². The molecule has 9 heteroatoms. The zero-order valence-corrected chi connectivity index (χ0v) is 18.4. The van der Waals surface area contributed by atoms with Gasteiger partial charge in [-0.05, 0) is 25.3 Å². The van der Waals surface area contributed by atoms with Crippen molar-refractivity contribution in [2.45, 2.75) is 43.6 Å². The first-order valence-electron chi connectivity index (χ1n) is 10.1. The molecule has 31 heavy (non-hydrogen) atoms. The number of rotatable bonds is 8. The third-order valence-electron chi connectivity index (χ3n) is 5.38. The van der Waals surface area contributed by atoms with Gasteiger partial charge in [0.05, 0.1) is 18.7 Å². The predicted octanol–water partition coefficient (Wildman–Crippen LogP) is 3.22. The highest BCUT2D eigenvalue weighted by atomic mass is 32.2. The first kappa shape index (κ1) is 21.2. The maximum absolute atomic E-state index is 13.1. The van der Waals surface area contributed by atoms with E-state index >= 15 is 0 Å². The van der Waals surface area contributed by atoms with Crippen LogP contribution in [0.5, 0.6) is 0 Å². The summed E-state index contributed by atoms with van der Waals surface area (Å²) < 4.78 is 7.10. The van der Waals surface area contributed by atoms with E-state index in [4.69, 9.17) is 4.74 Å². The Hall–Kier alpha value is -3.07. The maximum atomic E-state index is 13.1. The number of methoxy groups -OCH3 is 1. The molecule has 1 aliphatic heterocycles. The van der Waals surface area contributed by atoms with Crippen LogP contribution in [0.3, 0.4) is 0 Å². The zero-order chi connectivity index (χ0) is 22.0. The number of urea groups is 1. The minimum atomic E-state index is -0.570. The van der Waals surface area contributed by atoms with Gasteiger partial charge in [-0.2, -0.15) is 0 Å². The molecule has 1 N–H and O–H groups in total. The Morgan fingerprint density at radius 2 is 2.06 bits per heavy atom. The molecule has 4 rings (SSSR count). The number of hydrogen-bond donors (Lipinski definition) is 1. The Labute approximate surface area is 185 Å². The number of benzene rings is 1. The molecule has 2 amide bonds. The van der Waals surface area contributed by atoms with Crippen molar-refractivity contribution in [2.24, 2.45) is 0 Å². The Kier molecular flexibility index (Phi) is 6.13. The number of thioether (sulfide) groups is 1. The van der Waals surface area contributed by atoms with Crippen molar-refractivity contribution in [1.29, 1.82) is 0 Å². The molecular weight excluding hydrogens is 414 g/mol. The quantitative estimate of drug-likeness (QED) is 0.386. The number of hydrogen-bond acceptors (Lipinski definition) is 6. The lowest BCUT2D eigenvalue weighted by Gasteiger charge is -2.36. The van der Waals surface area contributed by atoms with E-state index in [1.807, 2.05) is 41.8 Å². The van der Waals surface area contributed by atoms with Crippen molar-refractivity contribution in [1.82, 2.24) is 25.0 Å². The lowest BCUT2D eigenvalue weighted by atomic mass is 9.95. The van der Waals surface area contributed by atoms with Crippen molar-refractivity contribution in [3.8, 4) is 0 Å². The van der Waals surface area contributed by atoms with Gasteiger partial charge in [-0.1, -0.05) is 48.2 Å². The van der Waals surface area contributed by atoms with E-state index in [0.717, 1.165) is 24.2 Å². The van der Waals surface area contributed by atoms with E-state index in [0.29, 0.717) is 28.7 Å². The van der Waals surface area contributed by atoms with E-state index in [2.05, 4.69) is 22.1 Å². The lowest BCUT2D eigenvalue weighted by molar-refractivity contribution is -0.136. The summed E-state index contributed by atoms with van der Waals surface area (Å²) in [5.74, 6) is 0.735. The summed E-state index contributed by atoms with van der Waals surface area (Å²) >= 11 is 1.45. The first-order valence-corrected chi connectivity index (χ1v) is 11.1. The van der Waals surface area contributed by atoms with Gasteiger partial charge in [-0.25, -0.2) is 9.59 Å². The summed E-state index contributed by atoms with van der Waals surface area (Å²) in [6.45, 7) is 6.27. The molecule has 1 unspecified atom stereocenters. The summed E-state index contributed by atoms with van der Waals surface area (Å²) in [6, 6.07) is 8.81. The topological polar surface area (TPSA) is 89.4 Å². The van der Waals surface area contributed by atoms with Crippen LogP contribution in [0.2, 0.25) is 0 Å². The lowest BCUT2D eigenvalue weighted by Crippen LogP contribution is -2.50. The van der Waals surface area contributed by atoms with Gasteiger partial charge in [0, 0.05) is 24.0 Å². The Bertz CT molecular complexity index is 1030. The molecule has 1 aliphatic carbocycles. The predicted molar refractivity (Wildman–Crippen MR) is 117 cm³/mol. The van der Waals surface area contributed by atoms with Gasteiger partial charge < -0.3 is 14.6 Å². The molecule has 8 nitrogen and oxygen atoms in total. The molecule has 2 aromatic rings. The highest BCUT2D eigenvalue weighted by Crippen LogP contribution is 2.40. The number of carbonyl (C=O) groups is 2. The third-order valence-corrected chi connectivity index (χ3v) is 6.36. The van der Waals surface area contributed by atoms with Crippen molar-refractivity contribution >= 4 is 23.8 Å². The van der Waals surface area contributed by atoms with Crippen molar-refractivity contribution < 1.29 is 14.3 Å². The molecule has 0 spiro atoms. The van der Waals surface area contributed by atoms with Crippen LogP contribution in [0.15, 0.2) is 59.4 Å². The van der Waals surface area contributed by atoms with Crippen molar-refractivity contribution in [3.05, 3.63) is 65.6 Å². The Morgan fingerprint density at radius 1 is 1.32 bits per heavy atom. The maximum Gasteiger partial charge on any atom is 0.338 e. The number of amides is 2. The smallest absolute Gasteiger partial charge is 0.338 e. The fourth-order valence-electron chi connectivity index (χ4n) is 3.73. The first-order chi connectivity index (χ1) is 15.0. The van der Waals surface area contributed by atoms with Gasteiger partial charge in [-0.3, -0.25) is 4.90 Å². The SMILES string of the molecule is C=CCn1c(C)nnc1SCC1=C(C(=O)OC)C(c2ccccc2)NC(=O)N1C1CC1. The summed E-state index contributed by atoms with van der Waals surface area (Å²) in [5, 5.41) is 12.1. The average molecular weight is 440 g/mol. The second-order valence-corrected chi connectivity index (χ2v) is 8.41. The number of ether oxygens (including phenoxy) is 1. The van der Waals surface area contributed by atoms with E-state index in [1.54, 1.807) is 11.0 Å². The van der Waals surface area contributed by atoms with Crippen LogP contribution in [0.1, 0.15) is 30.3 Å². The number of nitrogens with one attached hydrogen (secondary N) is 1. The van der Waals surface area contributed by atoms with E-state index in [-0.39, 0.29) is 12.1 Å². The molecule has 0 radical (unpaired) electrons. The monoisotopic (exact) mass is 439 g/mol. The number of aryl methyl sites for hydroxylation is 1. The van der Waals surface area contributed by atoms with Gasteiger partial charge >= 0.3 is 12.0 Å². The minimum Gasteiger partial charge on any atom is -0.466 e. The number of nitrogens with zero attached hydrogens (tertiary/aromatic N) is 4. The molecule has 2 aliphatic rings. The van der Waals surface area contributed by atoms with Gasteiger partial charge in [0.1, 0.15) is 5.82 Å². The van der Waals surface area contributed by atoms with Crippen LogP contribution >= 0.6 is 11.8 Å². The van der Waals surface area contributed by atoms with Gasteiger partial charge in [0.2, 0.25) is 0 Å².